The van der Waals surface area contributed by atoms with Crippen LogP contribution < -0.4 is 15.4 Å². The third-order valence-electron chi connectivity index (χ3n) is 4.48. The quantitative estimate of drug-likeness (QED) is 0.707. The van der Waals surface area contributed by atoms with Crippen LogP contribution in [0.5, 0.6) is 5.75 Å². The first-order valence-corrected chi connectivity index (χ1v) is 8.63. The molecule has 0 saturated heterocycles. The number of urea groups is 1. The van der Waals surface area contributed by atoms with Crippen molar-refractivity contribution in [3.8, 4) is 5.75 Å². The molecule has 0 saturated carbocycles. The fourth-order valence-electron chi connectivity index (χ4n) is 3.09. The lowest BCUT2D eigenvalue weighted by Crippen LogP contribution is -2.49. The first-order chi connectivity index (χ1) is 12.1. The molecular formula is C20H24N2O3. The number of aliphatic hydroxyl groups is 1. The number of hydrogen-bond acceptors (Lipinski definition) is 3. The number of para-hydroxylation sites is 1. The standard InChI is InChI=1S/C20H24N2O3/c23-19(21-12-13-25-18-8-2-1-3-9-18)22-15-20(24)11-10-16-6-4-5-7-17(16)14-20/h1-9,24H,10-15H2,(H2,21,22,23)/t20-/m0/s1. The molecule has 5 nitrogen and oxygen atoms in total. The van der Waals surface area contributed by atoms with Crippen LogP contribution in [0.3, 0.4) is 0 Å². The highest BCUT2D eigenvalue weighted by Crippen LogP contribution is 2.28. The molecular weight excluding hydrogens is 316 g/mol. The summed E-state index contributed by atoms with van der Waals surface area (Å²) in [4.78, 5) is 11.9. The zero-order chi connectivity index (χ0) is 17.5. The van der Waals surface area contributed by atoms with E-state index in [0.29, 0.717) is 26.0 Å². The number of carbonyl (C=O) groups excluding carboxylic acids is 1. The third-order valence-corrected chi connectivity index (χ3v) is 4.48. The topological polar surface area (TPSA) is 70.6 Å². The van der Waals surface area contributed by atoms with Crippen molar-refractivity contribution in [3.05, 3.63) is 65.7 Å². The SMILES string of the molecule is O=C(NCCOc1ccccc1)NC[C@]1(O)CCc2ccccc2C1. The van der Waals surface area contributed by atoms with E-state index < -0.39 is 5.60 Å². The van der Waals surface area contributed by atoms with E-state index in [0.717, 1.165) is 17.7 Å². The molecule has 0 spiro atoms. The van der Waals surface area contributed by atoms with Gasteiger partial charge in [-0.3, -0.25) is 0 Å². The molecule has 0 heterocycles. The molecule has 2 aromatic carbocycles. The third kappa shape index (κ3) is 4.97. The van der Waals surface area contributed by atoms with E-state index >= 15 is 0 Å². The molecule has 3 N–H and O–H groups in total. The summed E-state index contributed by atoms with van der Waals surface area (Å²) < 4.78 is 5.52. The Morgan fingerprint density at radius 3 is 2.56 bits per heavy atom. The van der Waals surface area contributed by atoms with Gasteiger partial charge in [0.05, 0.1) is 12.1 Å². The predicted molar refractivity (Wildman–Crippen MR) is 96.8 cm³/mol. The van der Waals surface area contributed by atoms with Gasteiger partial charge < -0.3 is 20.5 Å². The van der Waals surface area contributed by atoms with Gasteiger partial charge in [0.1, 0.15) is 12.4 Å². The van der Waals surface area contributed by atoms with Crippen molar-refractivity contribution >= 4 is 6.03 Å². The highest BCUT2D eigenvalue weighted by Gasteiger charge is 2.32. The van der Waals surface area contributed by atoms with Crippen LogP contribution in [0.25, 0.3) is 0 Å². The lowest BCUT2D eigenvalue weighted by molar-refractivity contribution is 0.0291. The van der Waals surface area contributed by atoms with E-state index in [9.17, 15) is 9.90 Å². The molecule has 0 radical (unpaired) electrons. The lowest BCUT2D eigenvalue weighted by atomic mass is 9.80. The van der Waals surface area contributed by atoms with Gasteiger partial charge in [-0.15, -0.1) is 0 Å². The summed E-state index contributed by atoms with van der Waals surface area (Å²) in [7, 11) is 0. The van der Waals surface area contributed by atoms with Crippen LogP contribution in [0.2, 0.25) is 0 Å². The molecule has 0 unspecified atom stereocenters. The Bertz CT molecular complexity index is 705. The number of ether oxygens (including phenoxy) is 1. The second kappa shape index (κ2) is 8.03. The van der Waals surface area contributed by atoms with Gasteiger partial charge in [-0.2, -0.15) is 0 Å². The molecule has 0 aromatic heterocycles. The second-order valence-electron chi connectivity index (χ2n) is 6.44. The molecule has 25 heavy (non-hydrogen) atoms. The van der Waals surface area contributed by atoms with Gasteiger partial charge in [0.2, 0.25) is 0 Å². The maximum absolute atomic E-state index is 11.9. The zero-order valence-corrected chi connectivity index (χ0v) is 14.2. The molecule has 2 amide bonds. The van der Waals surface area contributed by atoms with E-state index in [-0.39, 0.29) is 12.6 Å². The first kappa shape index (κ1) is 17.3. The minimum atomic E-state index is -0.883. The van der Waals surface area contributed by atoms with Crippen molar-refractivity contribution < 1.29 is 14.6 Å². The zero-order valence-electron chi connectivity index (χ0n) is 14.2. The van der Waals surface area contributed by atoms with E-state index in [1.807, 2.05) is 48.5 Å². The summed E-state index contributed by atoms with van der Waals surface area (Å²) in [5, 5.41) is 16.2. The summed E-state index contributed by atoms with van der Waals surface area (Å²) in [6, 6.07) is 17.3. The summed E-state index contributed by atoms with van der Waals surface area (Å²) in [6.07, 6.45) is 2.06. The Morgan fingerprint density at radius 2 is 1.76 bits per heavy atom. The Balaban J connectivity index is 1.37. The lowest BCUT2D eigenvalue weighted by Gasteiger charge is -2.33. The molecule has 0 bridgehead atoms. The largest absolute Gasteiger partial charge is 0.492 e. The minimum Gasteiger partial charge on any atom is -0.492 e. The summed E-state index contributed by atoms with van der Waals surface area (Å²) in [5.41, 5.74) is 1.57. The van der Waals surface area contributed by atoms with Crippen molar-refractivity contribution in [1.29, 1.82) is 0 Å². The number of nitrogens with one attached hydrogen (secondary N) is 2. The van der Waals surface area contributed by atoms with Crippen LogP contribution >= 0.6 is 0 Å². The second-order valence-corrected chi connectivity index (χ2v) is 6.44. The van der Waals surface area contributed by atoms with Crippen LogP contribution in [-0.2, 0) is 12.8 Å². The summed E-state index contributed by atoms with van der Waals surface area (Å²) in [6.45, 7) is 1.05. The van der Waals surface area contributed by atoms with Crippen LogP contribution in [0, 0.1) is 0 Å². The van der Waals surface area contributed by atoms with Crippen molar-refractivity contribution in [2.45, 2.75) is 24.9 Å². The number of benzene rings is 2. The highest BCUT2D eigenvalue weighted by molar-refractivity contribution is 5.73. The molecule has 1 aliphatic carbocycles. The summed E-state index contributed by atoms with van der Waals surface area (Å²) in [5.74, 6) is 0.778. The molecule has 0 aliphatic heterocycles. The maximum Gasteiger partial charge on any atom is 0.315 e. The number of carbonyl (C=O) groups is 1. The van der Waals surface area contributed by atoms with Crippen LogP contribution in [0.1, 0.15) is 17.5 Å². The number of aryl methyl sites for hydroxylation is 1. The highest BCUT2D eigenvalue weighted by atomic mass is 16.5. The van der Waals surface area contributed by atoms with E-state index in [4.69, 9.17) is 4.74 Å². The van der Waals surface area contributed by atoms with Gasteiger partial charge in [0.25, 0.3) is 0 Å². The van der Waals surface area contributed by atoms with Crippen LogP contribution in [-0.4, -0.2) is 36.4 Å². The van der Waals surface area contributed by atoms with Gasteiger partial charge >= 0.3 is 6.03 Å². The van der Waals surface area contributed by atoms with Crippen LogP contribution in [0.4, 0.5) is 4.79 Å². The Hall–Kier alpha value is -2.53. The normalized spacial score (nSPS) is 18.9. The molecule has 3 rings (SSSR count). The molecule has 1 aliphatic rings. The predicted octanol–water partition coefficient (Wildman–Crippen LogP) is 2.28. The fourth-order valence-corrected chi connectivity index (χ4v) is 3.09. The van der Waals surface area contributed by atoms with Gasteiger partial charge in [0, 0.05) is 13.0 Å². The molecule has 0 fully saturated rings. The minimum absolute atomic E-state index is 0.243. The Labute approximate surface area is 148 Å². The van der Waals surface area contributed by atoms with Gasteiger partial charge in [-0.25, -0.2) is 4.79 Å². The monoisotopic (exact) mass is 340 g/mol. The van der Waals surface area contributed by atoms with E-state index in [1.165, 1.54) is 5.56 Å². The number of amides is 2. The average molecular weight is 340 g/mol. The fraction of sp³-hybridized carbons (Fsp3) is 0.350. The Morgan fingerprint density at radius 1 is 1.04 bits per heavy atom. The molecule has 132 valence electrons. The number of rotatable bonds is 6. The van der Waals surface area contributed by atoms with Crippen LogP contribution in [0.15, 0.2) is 54.6 Å². The first-order valence-electron chi connectivity index (χ1n) is 8.63. The maximum atomic E-state index is 11.9. The molecule has 2 aromatic rings. The van der Waals surface area contributed by atoms with Gasteiger partial charge in [-0.1, -0.05) is 42.5 Å². The van der Waals surface area contributed by atoms with Gasteiger partial charge in [-0.05, 0) is 36.1 Å². The van der Waals surface area contributed by atoms with Crippen molar-refractivity contribution in [2.75, 3.05) is 19.7 Å². The molecule has 1 atom stereocenters. The van der Waals surface area contributed by atoms with E-state index in [1.54, 1.807) is 0 Å². The van der Waals surface area contributed by atoms with Crippen molar-refractivity contribution in [3.63, 3.8) is 0 Å². The van der Waals surface area contributed by atoms with Crippen molar-refractivity contribution in [1.82, 2.24) is 10.6 Å². The number of fused-ring (bicyclic) bond motifs is 1. The average Bonchev–Trinajstić information content (AvgIpc) is 2.64. The Kier molecular flexibility index (Phi) is 5.56. The molecule has 5 heteroatoms. The smallest absolute Gasteiger partial charge is 0.315 e. The van der Waals surface area contributed by atoms with E-state index in [2.05, 4.69) is 16.7 Å². The van der Waals surface area contributed by atoms with Crippen molar-refractivity contribution in [2.24, 2.45) is 0 Å². The summed E-state index contributed by atoms with van der Waals surface area (Å²) >= 11 is 0. The number of hydrogen-bond donors (Lipinski definition) is 3. The van der Waals surface area contributed by atoms with Gasteiger partial charge in [0.15, 0.2) is 0 Å².